The van der Waals surface area contributed by atoms with Crippen LogP contribution in [0.1, 0.15) is 18.4 Å². The number of carbonyl (C=O) groups excluding carboxylic acids is 1. The molecule has 25 heavy (non-hydrogen) atoms. The van der Waals surface area contributed by atoms with Crippen molar-refractivity contribution in [3.63, 3.8) is 0 Å². The maximum absolute atomic E-state index is 12.1. The van der Waals surface area contributed by atoms with Crippen LogP contribution in [0.2, 0.25) is 0 Å². The van der Waals surface area contributed by atoms with Gasteiger partial charge in [0.25, 0.3) is 0 Å². The smallest absolute Gasteiger partial charge is 0.230 e. The van der Waals surface area contributed by atoms with Crippen molar-refractivity contribution in [2.45, 2.75) is 19.4 Å². The van der Waals surface area contributed by atoms with Gasteiger partial charge in [-0.25, -0.2) is 0 Å². The van der Waals surface area contributed by atoms with Crippen LogP contribution in [0.5, 0.6) is 17.2 Å². The number of hydrogen-bond donors (Lipinski definition) is 1. The summed E-state index contributed by atoms with van der Waals surface area (Å²) < 4.78 is 16.7. The van der Waals surface area contributed by atoms with Crippen molar-refractivity contribution < 1.29 is 19.0 Å². The predicted molar refractivity (Wildman–Crippen MR) is 104 cm³/mol. The number of benzene rings is 1. The van der Waals surface area contributed by atoms with E-state index in [1.54, 1.807) is 33.5 Å². The minimum Gasteiger partial charge on any atom is -0.496 e. The van der Waals surface area contributed by atoms with Crippen LogP contribution in [0.3, 0.4) is 0 Å². The van der Waals surface area contributed by atoms with Crippen LogP contribution in [-0.2, 0) is 11.3 Å². The number of likely N-dealkylation sites (tertiary alicyclic amines) is 1. The van der Waals surface area contributed by atoms with Gasteiger partial charge in [-0.2, -0.15) is 0 Å². The van der Waals surface area contributed by atoms with E-state index >= 15 is 0 Å². The van der Waals surface area contributed by atoms with Crippen LogP contribution in [0.15, 0.2) is 12.1 Å². The summed E-state index contributed by atoms with van der Waals surface area (Å²) in [5.41, 5.74) is 0.820. The van der Waals surface area contributed by atoms with Crippen LogP contribution in [0.25, 0.3) is 0 Å². The van der Waals surface area contributed by atoms with E-state index in [4.69, 9.17) is 26.4 Å². The Labute approximate surface area is 158 Å². The Morgan fingerprint density at radius 1 is 1.12 bits per heavy atom. The number of thioether (sulfide) groups is 1. The first kappa shape index (κ1) is 19.7. The molecule has 1 N–H and O–H groups in total. The van der Waals surface area contributed by atoms with Crippen molar-refractivity contribution in [3.05, 3.63) is 17.7 Å². The maximum atomic E-state index is 12.1. The number of thiocarbonyl (C=S) groups is 1. The number of amides is 1. The Bertz CT molecular complexity index is 619. The molecule has 0 radical (unpaired) electrons. The van der Waals surface area contributed by atoms with E-state index in [1.165, 1.54) is 24.6 Å². The predicted octanol–water partition coefficient (Wildman–Crippen LogP) is 2.44. The molecule has 0 saturated carbocycles. The quantitative estimate of drug-likeness (QED) is 0.725. The van der Waals surface area contributed by atoms with Gasteiger partial charge in [0.2, 0.25) is 5.91 Å². The normalized spacial score (nSPS) is 13.5. The van der Waals surface area contributed by atoms with E-state index in [2.05, 4.69) is 10.2 Å². The van der Waals surface area contributed by atoms with E-state index in [0.717, 1.165) is 23.0 Å². The molecular weight excluding hydrogens is 360 g/mol. The van der Waals surface area contributed by atoms with E-state index in [0.29, 0.717) is 29.5 Å². The lowest BCUT2D eigenvalue weighted by Gasteiger charge is -2.17. The minimum absolute atomic E-state index is 0.0663. The molecule has 138 valence electrons. The lowest BCUT2D eigenvalue weighted by molar-refractivity contribution is -0.118. The molecule has 1 aromatic carbocycles. The molecule has 1 aliphatic heterocycles. The summed E-state index contributed by atoms with van der Waals surface area (Å²) in [5.74, 6) is 2.06. The Hall–Kier alpha value is -1.67. The fourth-order valence-corrected chi connectivity index (χ4v) is 3.67. The number of hydrogen-bond acceptors (Lipinski definition) is 6. The van der Waals surface area contributed by atoms with Gasteiger partial charge in [0.15, 0.2) is 11.5 Å². The van der Waals surface area contributed by atoms with E-state index in [-0.39, 0.29) is 5.91 Å². The van der Waals surface area contributed by atoms with E-state index < -0.39 is 0 Å². The van der Waals surface area contributed by atoms with Gasteiger partial charge in [-0.1, -0.05) is 24.0 Å². The average molecular weight is 385 g/mol. The molecule has 1 saturated heterocycles. The van der Waals surface area contributed by atoms with Gasteiger partial charge >= 0.3 is 0 Å². The standard InChI is InChI=1S/C17H24N2O4S2/c1-21-13-9-15(23-3)14(22-2)8-12(13)10-18-16(20)11-25-17(24)19-6-4-5-7-19/h8-9H,4-7,10-11H2,1-3H3,(H,18,20). The van der Waals surface area contributed by atoms with Gasteiger partial charge in [0.1, 0.15) is 10.1 Å². The van der Waals surface area contributed by atoms with E-state index in [1.807, 2.05) is 0 Å². The van der Waals surface area contributed by atoms with Gasteiger partial charge in [-0.3, -0.25) is 4.79 Å². The molecule has 0 unspecified atom stereocenters. The van der Waals surface area contributed by atoms with Gasteiger partial charge in [-0.05, 0) is 18.9 Å². The Kier molecular flexibility index (Phi) is 7.64. The monoisotopic (exact) mass is 384 g/mol. The van der Waals surface area contributed by atoms with Gasteiger partial charge in [-0.15, -0.1) is 0 Å². The zero-order valence-corrected chi connectivity index (χ0v) is 16.4. The van der Waals surface area contributed by atoms with Crippen LogP contribution in [0.4, 0.5) is 0 Å². The third-order valence-electron chi connectivity index (χ3n) is 3.95. The second-order valence-corrected chi connectivity index (χ2v) is 7.15. The Balaban J connectivity index is 1.89. The zero-order chi connectivity index (χ0) is 18.2. The number of rotatable bonds is 7. The van der Waals surface area contributed by atoms with Crippen molar-refractivity contribution in [3.8, 4) is 17.2 Å². The molecule has 1 aliphatic rings. The first-order valence-electron chi connectivity index (χ1n) is 8.06. The highest BCUT2D eigenvalue weighted by Crippen LogP contribution is 2.34. The first-order valence-corrected chi connectivity index (χ1v) is 9.45. The summed E-state index contributed by atoms with van der Waals surface area (Å²) >= 11 is 6.78. The fourth-order valence-electron chi connectivity index (χ4n) is 2.59. The minimum atomic E-state index is -0.0663. The van der Waals surface area contributed by atoms with Crippen molar-refractivity contribution in [2.75, 3.05) is 40.2 Å². The van der Waals surface area contributed by atoms with Gasteiger partial charge < -0.3 is 24.4 Å². The SMILES string of the molecule is COc1cc(OC)c(OC)cc1CNC(=O)CSC(=S)N1CCCC1. The zero-order valence-electron chi connectivity index (χ0n) is 14.8. The highest BCUT2D eigenvalue weighted by atomic mass is 32.2. The Morgan fingerprint density at radius 2 is 1.72 bits per heavy atom. The molecule has 0 bridgehead atoms. The van der Waals surface area contributed by atoms with Crippen LogP contribution in [0, 0.1) is 0 Å². The number of methoxy groups -OCH3 is 3. The molecule has 1 heterocycles. The molecule has 1 aromatic rings. The van der Waals surface area contributed by atoms with Gasteiger partial charge in [0.05, 0.1) is 27.1 Å². The molecule has 0 spiro atoms. The largest absolute Gasteiger partial charge is 0.496 e. The lowest BCUT2D eigenvalue weighted by Crippen LogP contribution is -2.28. The Morgan fingerprint density at radius 3 is 2.32 bits per heavy atom. The van der Waals surface area contributed by atoms with Gasteiger partial charge in [0, 0.05) is 31.3 Å². The number of carbonyl (C=O) groups is 1. The summed E-state index contributed by atoms with van der Waals surface area (Å²) in [5, 5.41) is 2.89. The van der Waals surface area contributed by atoms with Crippen LogP contribution in [-0.4, -0.2) is 55.3 Å². The lowest BCUT2D eigenvalue weighted by atomic mass is 10.1. The second-order valence-electron chi connectivity index (χ2n) is 5.54. The molecule has 6 nitrogen and oxygen atoms in total. The van der Waals surface area contributed by atoms with Crippen molar-refractivity contribution in [1.82, 2.24) is 10.2 Å². The molecule has 0 aliphatic carbocycles. The summed E-state index contributed by atoms with van der Waals surface area (Å²) in [4.78, 5) is 14.3. The van der Waals surface area contributed by atoms with Crippen molar-refractivity contribution in [1.29, 1.82) is 0 Å². The molecular formula is C17H24N2O4S2. The van der Waals surface area contributed by atoms with Crippen molar-refractivity contribution >= 4 is 34.2 Å². The fraction of sp³-hybridized carbons (Fsp3) is 0.529. The third-order valence-corrected chi connectivity index (χ3v) is 5.48. The summed E-state index contributed by atoms with van der Waals surface area (Å²) in [6.45, 7) is 2.34. The highest BCUT2D eigenvalue weighted by Gasteiger charge is 2.17. The molecule has 2 rings (SSSR count). The second kappa shape index (κ2) is 9.72. The topological polar surface area (TPSA) is 60.0 Å². The van der Waals surface area contributed by atoms with E-state index in [9.17, 15) is 4.79 Å². The average Bonchev–Trinajstić information content (AvgIpc) is 3.18. The molecule has 1 amide bonds. The number of ether oxygens (including phenoxy) is 3. The van der Waals surface area contributed by atoms with Crippen molar-refractivity contribution in [2.24, 2.45) is 0 Å². The van der Waals surface area contributed by atoms with Crippen LogP contribution >= 0.6 is 24.0 Å². The van der Waals surface area contributed by atoms with Crippen LogP contribution < -0.4 is 19.5 Å². The number of nitrogens with zero attached hydrogens (tertiary/aromatic N) is 1. The summed E-state index contributed by atoms with van der Waals surface area (Å²) in [6, 6.07) is 3.55. The summed E-state index contributed by atoms with van der Waals surface area (Å²) in [6.07, 6.45) is 2.35. The maximum Gasteiger partial charge on any atom is 0.230 e. The molecule has 8 heteroatoms. The number of nitrogens with one attached hydrogen (secondary N) is 1. The summed E-state index contributed by atoms with van der Waals surface area (Å²) in [7, 11) is 4.72. The molecule has 1 fully saturated rings. The third kappa shape index (κ3) is 5.40. The highest BCUT2D eigenvalue weighted by molar-refractivity contribution is 8.23. The first-order chi connectivity index (χ1) is 12.1. The molecule has 0 atom stereocenters. The molecule has 0 aromatic heterocycles.